The van der Waals surface area contributed by atoms with Gasteiger partial charge in [-0.15, -0.1) is 0 Å². The molecule has 0 saturated carbocycles. The van der Waals surface area contributed by atoms with Gasteiger partial charge in [-0.3, -0.25) is 4.79 Å². The van der Waals surface area contributed by atoms with Gasteiger partial charge in [0.1, 0.15) is 0 Å². The van der Waals surface area contributed by atoms with Crippen LogP contribution in [0.25, 0.3) is 0 Å². The maximum atomic E-state index is 9.47. The van der Waals surface area contributed by atoms with Gasteiger partial charge in [0.25, 0.3) is 0 Å². The van der Waals surface area contributed by atoms with Gasteiger partial charge in [0.15, 0.2) is 0 Å². The molecular weight excluding hydrogens is 124 g/mol. The topological polar surface area (TPSA) is 106 Å². The first-order chi connectivity index (χ1) is 4.00. The Balaban J connectivity index is 0. The van der Waals surface area contributed by atoms with Gasteiger partial charge in [0, 0.05) is 0 Å². The predicted octanol–water partition coefficient (Wildman–Crippen LogP) is -0.719. The maximum absolute atomic E-state index is 9.47. The summed E-state index contributed by atoms with van der Waals surface area (Å²) in [5, 5.41) is 7.19. The van der Waals surface area contributed by atoms with Crippen molar-refractivity contribution in [2.75, 3.05) is 0 Å². The van der Waals surface area contributed by atoms with Crippen LogP contribution in [0.1, 0.15) is 0 Å². The number of carbonyl (C=O) groups excluding carboxylic acids is 1. The quantitative estimate of drug-likeness (QED) is 0.410. The van der Waals surface area contributed by atoms with E-state index >= 15 is 0 Å². The van der Waals surface area contributed by atoms with Crippen LogP contribution in [0.4, 0.5) is 4.79 Å². The molecule has 0 heterocycles. The van der Waals surface area contributed by atoms with Crippen molar-refractivity contribution in [1.29, 1.82) is 0 Å². The first-order valence-corrected chi connectivity index (χ1v) is 1.91. The van der Waals surface area contributed by atoms with Crippen LogP contribution >= 0.6 is 0 Å². The fraction of sp³-hybridized carbons (Fsp3) is 0. The molecule has 0 saturated heterocycles. The van der Waals surface area contributed by atoms with Crippen LogP contribution in [0.2, 0.25) is 0 Å². The van der Waals surface area contributed by atoms with E-state index in [0.29, 0.717) is 0 Å². The van der Waals surface area contributed by atoms with Crippen molar-refractivity contribution in [1.82, 2.24) is 0 Å². The highest BCUT2D eigenvalue weighted by atomic mass is 16.4. The van der Waals surface area contributed by atoms with E-state index in [1.807, 2.05) is 0 Å². The van der Waals surface area contributed by atoms with E-state index in [1.165, 1.54) is 0 Å². The Morgan fingerprint density at radius 1 is 1.44 bits per heavy atom. The number of hydrogen-bond acceptors (Lipinski definition) is 2. The molecule has 52 valence electrons. The second kappa shape index (κ2) is 6.48. The Kier molecular flexibility index (Phi) is 7.53. The molecule has 0 aromatic rings. The molecule has 0 aliphatic heterocycles. The minimum atomic E-state index is -1.33. The van der Waals surface area contributed by atoms with Crippen LogP contribution in [0.15, 0.2) is 12.7 Å². The average molecular weight is 132 g/mol. The van der Waals surface area contributed by atoms with E-state index in [9.17, 15) is 4.79 Å². The first kappa shape index (κ1) is 10.5. The Hall–Kier alpha value is -1.52. The molecule has 5 nitrogen and oxygen atoms in total. The number of nitrogens with two attached hydrogens (primary N) is 2. The molecule has 0 rings (SSSR count). The molecule has 0 radical (unpaired) electrons. The van der Waals surface area contributed by atoms with Gasteiger partial charge in [-0.1, -0.05) is 6.58 Å². The Morgan fingerprint density at radius 2 is 1.56 bits per heavy atom. The molecule has 0 aliphatic carbocycles. The highest BCUT2D eigenvalue weighted by molar-refractivity contribution is 5.84. The van der Waals surface area contributed by atoms with Crippen LogP contribution in [0.3, 0.4) is 0 Å². The fourth-order valence-electron chi connectivity index (χ4n) is 0. The summed E-state index contributed by atoms with van der Waals surface area (Å²) in [6, 6.07) is 0. The van der Waals surface area contributed by atoms with Gasteiger partial charge < -0.3 is 16.6 Å². The average Bonchev–Trinajstić information content (AvgIpc) is 1.65. The van der Waals surface area contributed by atoms with Gasteiger partial charge >= 0.3 is 6.09 Å². The van der Waals surface area contributed by atoms with Crippen molar-refractivity contribution in [3.05, 3.63) is 12.7 Å². The molecule has 0 bridgehead atoms. The number of amides is 2. The number of hydrogen-bond donors (Lipinski definition) is 3. The lowest BCUT2D eigenvalue weighted by Gasteiger charge is -1.65. The molecule has 0 atom stereocenters. The van der Waals surface area contributed by atoms with E-state index in [2.05, 4.69) is 18.0 Å². The van der Waals surface area contributed by atoms with Crippen LogP contribution < -0.4 is 11.5 Å². The third kappa shape index (κ3) is 564. The highest BCUT2D eigenvalue weighted by Gasteiger charge is 1.69. The van der Waals surface area contributed by atoms with E-state index in [0.717, 1.165) is 6.08 Å². The van der Waals surface area contributed by atoms with E-state index < -0.39 is 12.0 Å². The minimum absolute atomic E-state index is 0.481. The van der Waals surface area contributed by atoms with E-state index in [4.69, 9.17) is 9.90 Å². The molecule has 0 aromatic heterocycles. The van der Waals surface area contributed by atoms with Crippen molar-refractivity contribution in [3.63, 3.8) is 0 Å². The summed E-state index contributed by atoms with van der Waals surface area (Å²) in [4.78, 5) is 18.2. The van der Waals surface area contributed by atoms with Crippen LogP contribution in [0, 0.1) is 0 Å². The Bertz CT molecular complexity index is 117. The monoisotopic (exact) mass is 132 g/mol. The Labute approximate surface area is 51.9 Å². The lowest BCUT2D eigenvalue weighted by Crippen LogP contribution is -2.04. The van der Waals surface area contributed by atoms with E-state index in [1.54, 1.807) is 0 Å². The second-order valence-corrected chi connectivity index (χ2v) is 0.945. The summed E-state index contributed by atoms with van der Waals surface area (Å²) in [6.45, 7) is 3.09. The van der Waals surface area contributed by atoms with E-state index in [-0.39, 0.29) is 0 Å². The van der Waals surface area contributed by atoms with Crippen molar-refractivity contribution >= 4 is 12.0 Å². The van der Waals surface area contributed by atoms with Gasteiger partial charge in [-0.2, -0.15) is 0 Å². The normalized spacial score (nSPS) is 6.22. The molecule has 2 amide bonds. The molecule has 0 fully saturated rings. The van der Waals surface area contributed by atoms with Crippen molar-refractivity contribution in [3.8, 4) is 0 Å². The second-order valence-electron chi connectivity index (χ2n) is 0.945. The van der Waals surface area contributed by atoms with Gasteiger partial charge in [-0.05, 0) is 6.08 Å². The van der Waals surface area contributed by atoms with Gasteiger partial charge in [-0.25, -0.2) is 4.79 Å². The summed E-state index contributed by atoms with van der Waals surface area (Å²) < 4.78 is 0. The molecule has 5 heteroatoms. The van der Waals surface area contributed by atoms with Crippen LogP contribution in [-0.4, -0.2) is 17.1 Å². The standard InChI is InChI=1S/C3H5NO.CH3NO2/c1-2-3(4)5;2-1(3)4/h2H,1H2,(H2,4,5);2H2,(H,3,4). The summed E-state index contributed by atoms with van der Waals surface area (Å²) in [5.41, 5.74) is 8.56. The first-order valence-electron chi connectivity index (χ1n) is 1.91. The predicted molar refractivity (Wildman–Crippen MR) is 31.6 cm³/mol. The Morgan fingerprint density at radius 3 is 1.56 bits per heavy atom. The van der Waals surface area contributed by atoms with Crippen molar-refractivity contribution in [2.24, 2.45) is 11.5 Å². The lowest BCUT2D eigenvalue weighted by molar-refractivity contribution is -0.113. The van der Waals surface area contributed by atoms with Crippen LogP contribution in [-0.2, 0) is 4.79 Å². The smallest absolute Gasteiger partial charge is 0.402 e. The largest absolute Gasteiger partial charge is 0.465 e. The highest BCUT2D eigenvalue weighted by Crippen LogP contribution is 1.48. The SMILES string of the molecule is C=CC(N)=O.NC(=O)O. The van der Waals surface area contributed by atoms with Gasteiger partial charge in [0.05, 0.1) is 0 Å². The molecule has 0 unspecified atom stereocenters. The third-order valence-corrected chi connectivity index (χ3v) is 0.201. The molecule has 0 aromatic carbocycles. The van der Waals surface area contributed by atoms with Crippen molar-refractivity contribution in [2.45, 2.75) is 0 Å². The fourth-order valence-corrected chi connectivity index (χ4v) is 0. The van der Waals surface area contributed by atoms with Crippen molar-refractivity contribution < 1.29 is 14.7 Å². The molecular formula is C4H8N2O3. The number of carboxylic acid groups (broad SMARTS) is 1. The lowest BCUT2D eigenvalue weighted by atomic mass is 10.6. The zero-order chi connectivity index (χ0) is 7.86. The number of carbonyl (C=O) groups is 2. The maximum Gasteiger partial charge on any atom is 0.402 e. The van der Waals surface area contributed by atoms with Gasteiger partial charge in [0.2, 0.25) is 5.91 Å². The summed E-state index contributed by atoms with van der Waals surface area (Å²) >= 11 is 0. The molecule has 9 heavy (non-hydrogen) atoms. The third-order valence-electron chi connectivity index (χ3n) is 0.201. The number of primary amides is 2. The number of rotatable bonds is 1. The summed E-state index contributed by atoms with van der Waals surface area (Å²) in [7, 11) is 0. The summed E-state index contributed by atoms with van der Waals surface area (Å²) in [6.07, 6.45) is -0.278. The minimum Gasteiger partial charge on any atom is -0.465 e. The zero-order valence-electron chi connectivity index (χ0n) is 4.70. The molecule has 5 N–H and O–H groups in total. The molecule has 0 spiro atoms. The summed E-state index contributed by atoms with van der Waals surface area (Å²) in [5.74, 6) is -0.481. The molecule has 0 aliphatic rings. The zero-order valence-corrected chi connectivity index (χ0v) is 4.70. The van der Waals surface area contributed by atoms with Crippen LogP contribution in [0.5, 0.6) is 0 Å².